The van der Waals surface area contributed by atoms with Crippen LogP contribution in [0.5, 0.6) is 0 Å². The second-order valence-electron chi connectivity index (χ2n) is 8.66. The van der Waals surface area contributed by atoms with E-state index in [-0.39, 0.29) is 23.9 Å². The summed E-state index contributed by atoms with van der Waals surface area (Å²) in [6.45, 7) is 1.43. The maximum atomic E-state index is 12.5. The van der Waals surface area contributed by atoms with Gasteiger partial charge in [0.25, 0.3) is 5.56 Å². The van der Waals surface area contributed by atoms with Gasteiger partial charge in [0.15, 0.2) is 0 Å². The molecule has 0 saturated carbocycles. The molecule has 3 atom stereocenters. The minimum absolute atomic E-state index is 0.0113. The molecule has 0 radical (unpaired) electrons. The Bertz CT molecular complexity index is 1300. The number of carboxylic acid groups (broad SMARTS) is 2. The summed E-state index contributed by atoms with van der Waals surface area (Å²) in [6, 6.07) is 9.87. The molecule has 1 unspecified atom stereocenters. The predicted molar refractivity (Wildman–Crippen MR) is 121 cm³/mol. The zero-order valence-corrected chi connectivity index (χ0v) is 18.7. The highest BCUT2D eigenvalue weighted by Crippen LogP contribution is 2.40. The van der Waals surface area contributed by atoms with Crippen LogP contribution in [-0.2, 0) is 22.7 Å². The highest BCUT2D eigenvalue weighted by Gasteiger charge is 2.40. The number of benzene rings is 1. The average molecular weight is 500 g/mol. The number of rotatable bonds is 5. The third-order valence-electron chi connectivity index (χ3n) is 6.58. The number of likely N-dealkylation sites (tertiary alicyclic amines) is 1. The van der Waals surface area contributed by atoms with Crippen molar-refractivity contribution in [2.24, 2.45) is 5.92 Å². The molecule has 1 aromatic carbocycles. The predicted octanol–water partition coefficient (Wildman–Crippen LogP) is 2.90. The smallest absolute Gasteiger partial charge is 0.325 e. The molecular formula is C23H22BrN3O5. The van der Waals surface area contributed by atoms with E-state index in [1.54, 1.807) is 22.9 Å². The molecule has 0 spiro atoms. The van der Waals surface area contributed by atoms with Crippen LogP contribution >= 0.6 is 15.9 Å². The molecule has 2 bridgehead atoms. The van der Waals surface area contributed by atoms with Crippen molar-refractivity contribution in [1.82, 2.24) is 14.0 Å². The minimum Gasteiger partial charge on any atom is -0.480 e. The summed E-state index contributed by atoms with van der Waals surface area (Å²) in [6.07, 6.45) is 2.59. The number of nitrogens with zero attached hydrogens (tertiary/aromatic N) is 3. The highest BCUT2D eigenvalue weighted by molar-refractivity contribution is 9.10. The van der Waals surface area contributed by atoms with Gasteiger partial charge in [-0.3, -0.25) is 19.3 Å². The molecule has 4 heterocycles. The Labute approximate surface area is 191 Å². The lowest BCUT2D eigenvalue weighted by Crippen LogP contribution is -2.49. The summed E-state index contributed by atoms with van der Waals surface area (Å²) in [4.78, 5) is 38.2. The van der Waals surface area contributed by atoms with Gasteiger partial charge in [-0.2, -0.15) is 0 Å². The van der Waals surface area contributed by atoms with Crippen LogP contribution in [0.4, 0.5) is 0 Å². The number of halogens is 1. The van der Waals surface area contributed by atoms with Gasteiger partial charge in [-0.1, -0.05) is 28.1 Å². The number of fused-ring (bicyclic) bond motifs is 5. The van der Waals surface area contributed by atoms with E-state index < -0.39 is 18.0 Å². The lowest BCUT2D eigenvalue weighted by molar-refractivity contribution is -0.144. The number of pyridine rings is 1. The number of aromatic nitrogens is 2. The number of piperidine rings is 1. The van der Waals surface area contributed by atoms with Crippen LogP contribution in [0.25, 0.3) is 10.9 Å². The van der Waals surface area contributed by atoms with Gasteiger partial charge in [-0.05, 0) is 30.5 Å². The summed E-state index contributed by atoms with van der Waals surface area (Å²) in [7, 11) is 0. The van der Waals surface area contributed by atoms with Crippen LogP contribution in [0.1, 0.15) is 29.6 Å². The van der Waals surface area contributed by atoms with E-state index in [1.807, 2.05) is 33.7 Å². The van der Waals surface area contributed by atoms with Crippen LogP contribution < -0.4 is 5.56 Å². The second-order valence-corrected chi connectivity index (χ2v) is 9.58. The normalized spacial score (nSPS) is 21.3. The van der Waals surface area contributed by atoms with Crippen LogP contribution in [-0.4, -0.2) is 49.3 Å². The molecule has 32 heavy (non-hydrogen) atoms. The average Bonchev–Trinajstić information content (AvgIpc) is 3.05. The molecular weight excluding hydrogens is 478 g/mol. The molecule has 2 aliphatic heterocycles. The van der Waals surface area contributed by atoms with Crippen LogP contribution in [0.15, 0.2) is 51.9 Å². The summed E-state index contributed by atoms with van der Waals surface area (Å²) < 4.78 is 4.21. The Hall–Kier alpha value is -2.91. The zero-order chi connectivity index (χ0) is 22.6. The first-order chi connectivity index (χ1) is 15.3. The monoisotopic (exact) mass is 499 g/mol. The molecule has 9 heteroatoms. The zero-order valence-electron chi connectivity index (χ0n) is 17.1. The van der Waals surface area contributed by atoms with Crippen molar-refractivity contribution in [1.29, 1.82) is 0 Å². The molecule has 1 saturated heterocycles. The van der Waals surface area contributed by atoms with E-state index in [1.165, 1.54) is 0 Å². The van der Waals surface area contributed by atoms with Gasteiger partial charge in [0.05, 0.1) is 5.52 Å². The summed E-state index contributed by atoms with van der Waals surface area (Å²) >= 11 is 3.42. The molecule has 3 aromatic rings. The van der Waals surface area contributed by atoms with Gasteiger partial charge in [0.1, 0.15) is 12.6 Å². The Balaban J connectivity index is 1.57. The van der Waals surface area contributed by atoms with Crippen molar-refractivity contribution in [2.45, 2.75) is 31.5 Å². The topological polar surface area (TPSA) is 105 Å². The van der Waals surface area contributed by atoms with Crippen molar-refractivity contribution in [2.75, 3.05) is 13.1 Å². The van der Waals surface area contributed by atoms with Crippen molar-refractivity contribution >= 4 is 38.8 Å². The fourth-order valence-corrected chi connectivity index (χ4v) is 5.77. The first-order valence-corrected chi connectivity index (χ1v) is 11.3. The standard InChI is InChI=1S/C23H22BrN3O5/c24-15-4-5-16-17(11-25(12-21(29)30)19(16)7-15)22(23(31)32)26-8-13-6-14(10-26)18-2-1-3-20(28)27(18)9-13/h1-5,7,11,13-14,22H,6,8-10,12H2,(H,29,30)(H,31,32)/t13-,14-,22?/m0/s1. The maximum Gasteiger partial charge on any atom is 0.325 e. The number of hydrogen-bond acceptors (Lipinski definition) is 4. The van der Waals surface area contributed by atoms with Gasteiger partial charge >= 0.3 is 11.9 Å². The number of aliphatic carboxylic acids is 2. The van der Waals surface area contributed by atoms with Crippen LogP contribution in [0.2, 0.25) is 0 Å². The van der Waals surface area contributed by atoms with E-state index in [0.29, 0.717) is 30.7 Å². The van der Waals surface area contributed by atoms with Gasteiger partial charge in [0, 0.05) is 58.9 Å². The fourth-order valence-electron chi connectivity index (χ4n) is 5.42. The number of carboxylic acids is 2. The van der Waals surface area contributed by atoms with Gasteiger partial charge in [-0.25, -0.2) is 0 Å². The maximum absolute atomic E-state index is 12.5. The van der Waals surface area contributed by atoms with Crippen molar-refractivity contribution in [3.63, 3.8) is 0 Å². The first kappa shape index (κ1) is 21.0. The third kappa shape index (κ3) is 3.55. The molecule has 166 valence electrons. The summed E-state index contributed by atoms with van der Waals surface area (Å²) in [5, 5.41) is 20.3. The van der Waals surface area contributed by atoms with E-state index in [0.717, 1.165) is 22.0 Å². The summed E-state index contributed by atoms with van der Waals surface area (Å²) in [5.41, 5.74) is 2.21. The van der Waals surface area contributed by atoms with Crippen molar-refractivity contribution < 1.29 is 19.8 Å². The molecule has 0 aliphatic carbocycles. The molecule has 2 aromatic heterocycles. The van der Waals surface area contributed by atoms with Crippen molar-refractivity contribution in [3.05, 3.63) is 68.7 Å². The molecule has 1 fully saturated rings. The van der Waals surface area contributed by atoms with E-state index >= 15 is 0 Å². The van der Waals surface area contributed by atoms with E-state index in [2.05, 4.69) is 15.9 Å². The number of hydrogen-bond donors (Lipinski definition) is 2. The Morgan fingerprint density at radius 3 is 2.69 bits per heavy atom. The minimum atomic E-state index is -0.991. The first-order valence-electron chi connectivity index (χ1n) is 10.5. The lowest BCUT2D eigenvalue weighted by Gasteiger charge is -2.44. The van der Waals surface area contributed by atoms with Crippen LogP contribution in [0, 0.1) is 5.92 Å². The SMILES string of the molecule is O=C(O)Cn1cc(C(C(=O)O)N2C[C@@H]3C[C@@H](C2)c2cccc(=O)n2C3)c2ccc(Br)cc21. The highest BCUT2D eigenvalue weighted by atomic mass is 79.9. The molecule has 2 N–H and O–H groups in total. The van der Waals surface area contributed by atoms with Gasteiger partial charge in [0.2, 0.25) is 0 Å². The Morgan fingerprint density at radius 2 is 1.94 bits per heavy atom. The molecule has 5 rings (SSSR count). The van der Waals surface area contributed by atoms with Crippen LogP contribution in [0.3, 0.4) is 0 Å². The van der Waals surface area contributed by atoms with Crippen molar-refractivity contribution in [3.8, 4) is 0 Å². The quantitative estimate of drug-likeness (QED) is 0.559. The third-order valence-corrected chi connectivity index (χ3v) is 7.08. The van der Waals surface area contributed by atoms with Gasteiger partial charge in [-0.15, -0.1) is 0 Å². The molecule has 0 amide bonds. The second kappa shape index (κ2) is 7.90. The molecule has 2 aliphatic rings. The van der Waals surface area contributed by atoms with E-state index in [9.17, 15) is 24.6 Å². The molecule has 8 nitrogen and oxygen atoms in total. The fraction of sp³-hybridized carbons (Fsp3) is 0.348. The number of carbonyl (C=O) groups is 2. The largest absolute Gasteiger partial charge is 0.480 e. The summed E-state index contributed by atoms with van der Waals surface area (Å²) in [5.74, 6) is -1.69. The Kier molecular flexibility index (Phi) is 5.17. The van der Waals surface area contributed by atoms with E-state index in [4.69, 9.17) is 0 Å². The van der Waals surface area contributed by atoms with Gasteiger partial charge < -0.3 is 19.3 Å². The Morgan fingerprint density at radius 1 is 1.12 bits per heavy atom. The lowest BCUT2D eigenvalue weighted by atomic mass is 9.82.